The maximum atomic E-state index is 12.1. The molecule has 1 aromatic carbocycles. The lowest BCUT2D eigenvalue weighted by molar-refractivity contribution is 0.0914. The Labute approximate surface area is 141 Å². The molecule has 122 valence electrons. The molecule has 0 saturated heterocycles. The third kappa shape index (κ3) is 5.87. The summed E-state index contributed by atoms with van der Waals surface area (Å²) in [7, 11) is 0. The Bertz CT molecular complexity index is 682. The van der Waals surface area contributed by atoms with Gasteiger partial charge in [0.05, 0.1) is 0 Å². The van der Waals surface area contributed by atoms with Crippen molar-refractivity contribution >= 4 is 23.3 Å². The van der Waals surface area contributed by atoms with Gasteiger partial charge in [-0.2, -0.15) is 0 Å². The van der Waals surface area contributed by atoms with Crippen molar-refractivity contribution in [2.75, 3.05) is 11.9 Å². The van der Waals surface area contributed by atoms with Gasteiger partial charge in [0.25, 0.3) is 5.91 Å². The number of rotatable bonds is 5. The molecule has 0 unspecified atom stereocenters. The molecule has 1 amide bonds. The average molecular weight is 333 g/mol. The third-order valence-electron chi connectivity index (χ3n) is 3.00. The van der Waals surface area contributed by atoms with E-state index in [4.69, 9.17) is 11.6 Å². The summed E-state index contributed by atoms with van der Waals surface area (Å²) in [6, 6.07) is 9.39. The highest BCUT2D eigenvalue weighted by Gasteiger charge is 2.16. The van der Waals surface area contributed by atoms with E-state index < -0.39 is 0 Å². The lowest BCUT2D eigenvalue weighted by Gasteiger charge is -2.20. The second kappa shape index (κ2) is 7.42. The first-order chi connectivity index (χ1) is 10.8. The number of hydrogen-bond acceptors (Lipinski definition) is 4. The van der Waals surface area contributed by atoms with Gasteiger partial charge in [0, 0.05) is 23.2 Å². The molecule has 0 spiro atoms. The third-order valence-corrected chi connectivity index (χ3v) is 3.23. The van der Waals surface area contributed by atoms with Gasteiger partial charge in [0.2, 0.25) is 0 Å². The Morgan fingerprint density at radius 1 is 1.22 bits per heavy atom. The SMILES string of the molecule is CC(C)(C)NC(=O)c1cc(NCCc2cccc(Cl)c2)ncn1. The van der Waals surface area contributed by atoms with Gasteiger partial charge in [-0.1, -0.05) is 23.7 Å². The summed E-state index contributed by atoms with van der Waals surface area (Å²) in [6.07, 6.45) is 2.20. The van der Waals surface area contributed by atoms with Gasteiger partial charge in [0.1, 0.15) is 17.8 Å². The fourth-order valence-electron chi connectivity index (χ4n) is 2.01. The smallest absolute Gasteiger partial charge is 0.270 e. The molecule has 1 aromatic heterocycles. The Kier molecular flexibility index (Phi) is 5.55. The minimum Gasteiger partial charge on any atom is -0.370 e. The van der Waals surface area contributed by atoms with Gasteiger partial charge >= 0.3 is 0 Å². The van der Waals surface area contributed by atoms with Crippen LogP contribution in [0.15, 0.2) is 36.7 Å². The molecule has 2 aromatic rings. The van der Waals surface area contributed by atoms with E-state index in [0.717, 1.165) is 17.0 Å². The molecule has 0 aliphatic rings. The Hall–Kier alpha value is -2.14. The largest absolute Gasteiger partial charge is 0.370 e. The van der Waals surface area contributed by atoms with E-state index in [9.17, 15) is 4.79 Å². The maximum absolute atomic E-state index is 12.1. The Balaban J connectivity index is 1.93. The second-order valence-corrected chi connectivity index (χ2v) is 6.74. The number of halogens is 1. The first-order valence-electron chi connectivity index (χ1n) is 7.46. The van der Waals surface area contributed by atoms with E-state index in [2.05, 4.69) is 20.6 Å². The van der Waals surface area contributed by atoms with E-state index in [1.54, 1.807) is 6.07 Å². The van der Waals surface area contributed by atoms with Crippen molar-refractivity contribution in [1.82, 2.24) is 15.3 Å². The van der Waals surface area contributed by atoms with Crippen LogP contribution in [-0.2, 0) is 6.42 Å². The minimum absolute atomic E-state index is 0.210. The predicted octanol–water partition coefficient (Wildman–Crippen LogP) is 3.31. The van der Waals surface area contributed by atoms with Crippen LogP contribution in [0.3, 0.4) is 0 Å². The highest BCUT2D eigenvalue weighted by molar-refractivity contribution is 6.30. The molecule has 0 aliphatic heterocycles. The summed E-state index contributed by atoms with van der Waals surface area (Å²) in [4.78, 5) is 20.3. The fraction of sp³-hybridized carbons (Fsp3) is 0.353. The van der Waals surface area contributed by atoms with Crippen molar-refractivity contribution in [3.05, 3.63) is 52.9 Å². The molecule has 0 saturated carbocycles. The summed E-state index contributed by atoms with van der Waals surface area (Å²) in [5.74, 6) is 0.416. The zero-order chi connectivity index (χ0) is 16.9. The maximum Gasteiger partial charge on any atom is 0.270 e. The van der Waals surface area contributed by atoms with Crippen molar-refractivity contribution in [3.8, 4) is 0 Å². The molecule has 1 heterocycles. The van der Waals surface area contributed by atoms with Crippen LogP contribution < -0.4 is 10.6 Å². The molecule has 6 heteroatoms. The highest BCUT2D eigenvalue weighted by Crippen LogP contribution is 2.12. The number of amides is 1. The number of aromatic nitrogens is 2. The van der Waals surface area contributed by atoms with E-state index in [0.29, 0.717) is 18.1 Å². The van der Waals surface area contributed by atoms with Crippen LogP contribution in [0.25, 0.3) is 0 Å². The van der Waals surface area contributed by atoms with Gasteiger partial charge in [-0.05, 0) is 44.9 Å². The van der Waals surface area contributed by atoms with Crippen molar-refractivity contribution in [2.45, 2.75) is 32.7 Å². The second-order valence-electron chi connectivity index (χ2n) is 6.30. The molecule has 0 fully saturated rings. The van der Waals surface area contributed by atoms with Crippen LogP contribution in [-0.4, -0.2) is 28.0 Å². The van der Waals surface area contributed by atoms with Gasteiger partial charge < -0.3 is 10.6 Å². The number of hydrogen-bond donors (Lipinski definition) is 2. The van der Waals surface area contributed by atoms with E-state index >= 15 is 0 Å². The van der Waals surface area contributed by atoms with Crippen molar-refractivity contribution in [2.24, 2.45) is 0 Å². The van der Waals surface area contributed by atoms with Crippen molar-refractivity contribution in [3.63, 3.8) is 0 Å². The number of anilines is 1. The van der Waals surface area contributed by atoms with Gasteiger partial charge in [-0.3, -0.25) is 4.79 Å². The standard InChI is InChI=1S/C17H21ClN4O/c1-17(2,3)22-16(23)14-10-15(21-11-20-14)19-8-7-12-5-4-6-13(18)9-12/h4-6,9-11H,7-8H2,1-3H3,(H,22,23)(H,19,20,21). The number of benzene rings is 1. The summed E-state index contributed by atoms with van der Waals surface area (Å²) >= 11 is 5.96. The summed E-state index contributed by atoms with van der Waals surface area (Å²) in [5, 5.41) is 6.80. The molecule has 23 heavy (non-hydrogen) atoms. The molecule has 5 nitrogen and oxygen atoms in total. The average Bonchev–Trinajstić information content (AvgIpc) is 2.46. The minimum atomic E-state index is -0.303. The lowest BCUT2D eigenvalue weighted by Crippen LogP contribution is -2.41. The fourth-order valence-corrected chi connectivity index (χ4v) is 2.22. The van der Waals surface area contributed by atoms with Crippen LogP contribution in [0.2, 0.25) is 5.02 Å². The van der Waals surface area contributed by atoms with Gasteiger partial charge in [0.15, 0.2) is 0 Å². The summed E-state index contributed by atoms with van der Waals surface area (Å²) in [5.41, 5.74) is 1.19. The predicted molar refractivity (Wildman–Crippen MR) is 92.9 cm³/mol. The molecular formula is C17H21ClN4O. The lowest BCUT2D eigenvalue weighted by atomic mass is 10.1. The molecule has 0 radical (unpaired) electrons. The summed E-state index contributed by atoms with van der Waals surface area (Å²) in [6.45, 7) is 6.47. The zero-order valence-corrected chi connectivity index (χ0v) is 14.3. The van der Waals surface area contributed by atoms with Gasteiger partial charge in [-0.25, -0.2) is 9.97 Å². The van der Waals surface area contributed by atoms with Crippen LogP contribution in [0.5, 0.6) is 0 Å². The Morgan fingerprint density at radius 2 is 2.00 bits per heavy atom. The monoisotopic (exact) mass is 332 g/mol. The van der Waals surface area contributed by atoms with Crippen LogP contribution in [0.1, 0.15) is 36.8 Å². The quantitative estimate of drug-likeness (QED) is 0.881. The molecule has 0 atom stereocenters. The topological polar surface area (TPSA) is 66.9 Å². The molecule has 0 bridgehead atoms. The van der Waals surface area contributed by atoms with E-state index in [1.807, 2.05) is 45.0 Å². The molecule has 2 N–H and O–H groups in total. The van der Waals surface area contributed by atoms with Crippen molar-refractivity contribution < 1.29 is 4.79 Å². The van der Waals surface area contributed by atoms with Crippen LogP contribution in [0, 0.1) is 0 Å². The van der Waals surface area contributed by atoms with E-state index in [-0.39, 0.29) is 11.4 Å². The number of nitrogens with zero attached hydrogens (tertiary/aromatic N) is 2. The molecule has 0 aliphatic carbocycles. The van der Waals surface area contributed by atoms with E-state index in [1.165, 1.54) is 6.33 Å². The van der Waals surface area contributed by atoms with Gasteiger partial charge in [-0.15, -0.1) is 0 Å². The first kappa shape index (κ1) is 17.2. The molecule has 2 rings (SSSR count). The number of nitrogens with one attached hydrogen (secondary N) is 2. The highest BCUT2D eigenvalue weighted by atomic mass is 35.5. The first-order valence-corrected chi connectivity index (χ1v) is 7.84. The van der Waals surface area contributed by atoms with Crippen molar-refractivity contribution in [1.29, 1.82) is 0 Å². The summed E-state index contributed by atoms with van der Waals surface area (Å²) < 4.78 is 0. The number of carbonyl (C=O) groups is 1. The zero-order valence-electron chi connectivity index (χ0n) is 13.6. The number of carbonyl (C=O) groups excluding carboxylic acids is 1. The molecular weight excluding hydrogens is 312 g/mol. The van der Waals surface area contributed by atoms with Crippen LogP contribution >= 0.6 is 11.6 Å². The Morgan fingerprint density at radius 3 is 2.70 bits per heavy atom. The van der Waals surface area contributed by atoms with Crippen LogP contribution in [0.4, 0.5) is 5.82 Å². The normalized spacial score (nSPS) is 11.1.